The summed E-state index contributed by atoms with van der Waals surface area (Å²) >= 11 is 0. The van der Waals surface area contributed by atoms with E-state index in [0.717, 1.165) is 18.7 Å². The third-order valence-corrected chi connectivity index (χ3v) is 7.88. The molecule has 0 spiro atoms. The number of likely N-dealkylation sites (N-methyl/N-ethyl adjacent to an activating group) is 1. The van der Waals surface area contributed by atoms with E-state index in [4.69, 9.17) is 13.9 Å². The average Bonchev–Trinajstić information content (AvgIpc) is 2.84. The molecular formula is C30H51NO6Si. The van der Waals surface area contributed by atoms with Gasteiger partial charge in [0.25, 0.3) is 5.97 Å². The molecule has 0 bridgehead atoms. The molecule has 8 heteroatoms. The highest BCUT2D eigenvalue weighted by molar-refractivity contribution is 6.71. The van der Waals surface area contributed by atoms with Crippen LogP contribution < -0.4 is 0 Å². The highest BCUT2D eigenvalue weighted by Crippen LogP contribution is 2.46. The molecule has 0 fully saturated rings. The Kier molecular flexibility index (Phi) is 12.7. The van der Waals surface area contributed by atoms with Crippen LogP contribution in [-0.4, -0.2) is 57.4 Å². The number of ether oxygens (including phenoxy) is 2. The van der Waals surface area contributed by atoms with Gasteiger partial charge in [0.2, 0.25) is 8.32 Å². The van der Waals surface area contributed by atoms with E-state index in [-0.39, 0.29) is 38.0 Å². The highest BCUT2D eigenvalue weighted by Gasteiger charge is 2.50. The first-order valence-corrected chi connectivity index (χ1v) is 17.3. The maximum absolute atomic E-state index is 13.7. The lowest BCUT2D eigenvalue weighted by Crippen LogP contribution is -2.46. The first-order valence-electron chi connectivity index (χ1n) is 13.9. The average molecular weight is 550 g/mol. The topological polar surface area (TPSA) is 82.1 Å². The van der Waals surface area contributed by atoms with Gasteiger partial charge in [-0.25, -0.2) is 0 Å². The second-order valence-corrected chi connectivity index (χ2v) is 16.9. The van der Waals surface area contributed by atoms with Crippen LogP contribution in [0.5, 0.6) is 0 Å². The normalized spacial score (nSPS) is 15.3. The second-order valence-electron chi connectivity index (χ2n) is 12.4. The molecule has 2 unspecified atom stereocenters. The maximum Gasteiger partial charge on any atom is 0.312 e. The SMILES string of the molecule is CCN(CC)CCOC(=O)C(C)(CC(C)(C)C(=O)O[Si](C)(C)C)CC(C)(CC)C(=O)OCc1ccccc1. The number of rotatable bonds is 16. The number of carbonyl (C=O) groups excluding carboxylic acids is 3. The Hall–Kier alpha value is -2.19. The molecule has 0 aromatic heterocycles. The molecule has 0 radical (unpaired) electrons. The molecule has 1 aromatic carbocycles. The van der Waals surface area contributed by atoms with E-state index >= 15 is 0 Å². The van der Waals surface area contributed by atoms with Gasteiger partial charge in [-0.2, -0.15) is 0 Å². The summed E-state index contributed by atoms with van der Waals surface area (Å²) in [7, 11) is -2.13. The molecular weight excluding hydrogens is 498 g/mol. The largest absolute Gasteiger partial charge is 0.519 e. The predicted molar refractivity (Wildman–Crippen MR) is 154 cm³/mol. The van der Waals surface area contributed by atoms with Crippen LogP contribution in [0.3, 0.4) is 0 Å². The van der Waals surface area contributed by atoms with E-state index in [9.17, 15) is 14.4 Å². The zero-order valence-electron chi connectivity index (χ0n) is 25.4. The molecule has 0 aliphatic heterocycles. The van der Waals surface area contributed by atoms with Crippen LogP contribution in [0.4, 0.5) is 0 Å². The van der Waals surface area contributed by atoms with Crippen LogP contribution in [0.15, 0.2) is 30.3 Å². The van der Waals surface area contributed by atoms with E-state index < -0.39 is 30.5 Å². The van der Waals surface area contributed by atoms with Crippen LogP contribution in [0.1, 0.15) is 73.3 Å². The number of carbonyl (C=O) groups is 3. The summed E-state index contributed by atoms with van der Waals surface area (Å²) in [5, 5.41) is 0. The van der Waals surface area contributed by atoms with Crippen LogP contribution in [0.25, 0.3) is 0 Å². The van der Waals surface area contributed by atoms with Gasteiger partial charge in [0.15, 0.2) is 0 Å². The van der Waals surface area contributed by atoms with Gasteiger partial charge in [0.05, 0.1) is 16.2 Å². The standard InChI is InChI=1S/C30H51NO6Si/c1-11-29(6,26(33)36-21-24-17-15-14-16-18-24)23-30(7,27(34)35-20-19-31(12-2)13-3)22-28(4,5)25(32)37-38(8,9)10/h14-18H,11-13,19-23H2,1-10H3. The van der Waals surface area contributed by atoms with Crippen molar-refractivity contribution in [3.63, 3.8) is 0 Å². The number of nitrogens with zero attached hydrogens (tertiary/aromatic N) is 1. The molecule has 2 atom stereocenters. The molecule has 1 rings (SSSR count). The fourth-order valence-corrected chi connectivity index (χ4v) is 5.58. The predicted octanol–water partition coefficient (Wildman–Crippen LogP) is 6.22. The van der Waals surface area contributed by atoms with Gasteiger partial charge in [0.1, 0.15) is 13.2 Å². The van der Waals surface area contributed by atoms with Gasteiger partial charge < -0.3 is 18.8 Å². The minimum absolute atomic E-state index is 0.161. The second kappa shape index (κ2) is 14.3. The highest BCUT2D eigenvalue weighted by atomic mass is 28.4. The third-order valence-electron chi connectivity index (χ3n) is 7.08. The Balaban J connectivity index is 3.21. The van der Waals surface area contributed by atoms with Crippen molar-refractivity contribution in [2.75, 3.05) is 26.2 Å². The van der Waals surface area contributed by atoms with Crippen molar-refractivity contribution in [1.82, 2.24) is 4.90 Å². The molecule has 38 heavy (non-hydrogen) atoms. The van der Waals surface area contributed by atoms with Crippen LogP contribution in [0.2, 0.25) is 19.6 Å². The lowest BCUT2D eigenvalue weighted by atomic mass is 9.65. The third kappa shape index (κ3) is 10.5. The van der Waals surface area contributed by atoms with Crippen molar-refractivity contribution in [2.45, 2.75) is 94.0 Å². The Bertz CT molecular complexity index is 909. The van der Waals surface area contributed by atoms with Crippen molar-refractivity contribution in [1.29, 1.82) is 0 Å². The molecule has 1 aromatic rings. The Labute approximate surface area is 231 Å². The number of esters is 2. The summed E-state index contributed by atoms with van der Waals surface area (Å²) in [5.41, 5.74) is -2.11. The molecule has 0 heterocycles. The van der Waals surface area contributed by atoms with Crippen molar-refractivity contribution in [3.8, 4) is 0 Å². The summed E-state index contributed by atoms with van der Waals surface area (Å²) in [4.78, 5) is 42.4. The Morgan fingerprint density at radius 3 is 1.84 bits per heavy atom. The minimum atomic E-state index is -2.13. The molecule has 0 saturated carbocycles. The fraction of sp³-hybridized carbons (Fsp3) is 0.700. The quantitative estimate of drug-likeness (QED) is 0.179. The Morgan fingerprint density at radius 1 is 0.789 bits per heavy atom. The molecule has 0 N–H and O–H groups in total. The summed E-state index contributed by atoms with van der Waals surface area (Å²) in [6.07, 6.45) is 0.857. The zero-order chi connectivity index (χ0) is 29.2. The molecule has 0 aliphatic rings. The summed E-state index contributed by atoms with van der Waals surface area (Å²) in [6.45, 7) is 21.9. The first-order chi connectivity index (χ1) is 17.5. The van der Waals surface area contributed by atoms with E-state index in [1.807, 2.05) is 63.8 Å². The van der Waals surface area contributed by atoms with Gasteiger partial charge >= 0.3 is 11.9 Å². The minimum Gasteiger partial charge on any atom is -0.519 e. The van der Waals surface area contributed by atoms with Crippen LogP contribution in [-0.2, 0) is 34.9 Å². The lowest BCUT2D eigenvalue weighted by molar-refractivity contribution is -0.168. The van der Waals surface area contributed by atoms with E-state index in [1.165, 1.54) is 0 Å². The van der Waals surface area contributed by atoms with Gasteiger partial charge in [0, 0.05) is 6.54 Å². The van der Waals surface area contributed by atoms with Crippen molar-refractivity contribution < 1.29 is 28.3 Å². The number of hydrogen-bond donors (Lipinski definition) is 0. The molecule has 216 valence electrons. The Morgan fingerprint density at radius 2 is 1.34 bits per heavy atom. The van der Waals surface area contributed by atoms with Gasteiger partial charge in [-0.3, -0.25) is 14.4 Å². The molecule has 0 amide bonds. The first kappa shape index (κ1) is 33.8. The fourth-order valence-electron chi connectivity index (χ4n) is 4.75. The molecule has 0 saturated heterocycles. The summed E-state index contributed by atoms with van der Waals surface area (Å²) < 4.78 is 17.3. The molecule has 0 aliphatic carbocycles. The van der Waals surface area contributed by atoms with Gasteiger partial charge in [-0.15, -0.1) is 0 Å². The monoisotopic (exact) mass is 549 g/mol. The van der Waals surface area contributed by atoms with Gasteiger partial charge in [-0.1, -0.05) is 51.1 Å². The van der Waals surface area contributed by atoms with Crippen LogP contribution in [0, 0.1) is 16.2 Å². The van der Waals surface area contributed by atoms with Crippen molar-refractivity contribution >= 4 is 26.2 Å². The van der Waals surface area contributed by atoms with E-state index in [1.54, 1.807) is 20.8 Å². The lowest BCUT2D eigenvalue weighted by Gasteiger charge is -2.40. The smallest absolute Gasteiger partial charge is 0.312 e. The zero-order valence-corrected chi connectivity index (χ0v) is 26.4. The number of hydrogen-bond acceptors (Lipinski definition) is 7. The van der Waals surface area contributed by atoms with Crippen LogP contribution >= 0.6 is 0 Å². The van der Waals surface area contributed by atoms with E-state index in [0.29, 0.717) is 13.0 Å². The van der Waals surface area contributed by atoms with Gasteiger partial charge in [-0.05, 0) is 85.3 Å². The number of benzene rings is 1. The molecule has 7 nitrogen and oxygen atoms in total. The van der Waals surface area contributed by atoms with Crippen molar-refractivity contribution in [3.05, 3.63) is 35.9 Å². The van der Waals surface area contributed by atoms with Crippen molar-refractivity contribution in [2.24, 2.45) is 16.2 Å². The summed E-state index contributed by atoms with van der Waals surface area (Å²) in [6, 6.07) is 9.51. The maximum atomic E-state index is 13.7. The summed E-state index contributed by atoms with van der Waals surface area (Å²) in [5.74, 6) is -1.11. The van der Waals surface area contributed by atoms with E-state index in [2.05, 4.69) is 18.7 Å².